The number of hydrogen-bond acceptors (Lipinski definition) is 10. The zero-order valence-electron chi connectivity index (χ0n) is 17.4. The molecule has 10 nitrogen and oxygen atoms in total. The van der Waals surface area contributed by atoms with Gasteiger partial charge in [0.25, 0.3) is 0 Å². The molecule has 0 bridgehead atoms. The molecule has 0 aromatic carbocycles. The number of sulfone groups is 1. The Morgan fingerprint density at radius 2 is 2.06 bits per heavy atom. The van der Waals surface area contributed by atoms with Gasteiger partial charge in [-0.05, 0) is 43.0 Å². The molecule has 0 amide bonds. The van der Waals surface area contributed by atoms with E-state index in [2.05, 4.69) is 36.0 Å². The monoisotopic (exact) mass is 481 g/mol. The van der Waals surface area contributed by atoms with Crippen molar-refractivity contribution in [2.45, 2.75) is 35.0 Å². The van der Waals surface area contributed by atoms with Crippen LogP contribution in [0.15, 0.2) is 57.5 Å². The Morgan fingerprint density at radius 1 is 1.21 bits per heavy atom. The summed E-state index contributed by atoms with van der Waals surface area (Å²) in [6.45, 7) is 0. The summed E-state index contributed by atoms with van der Waals surface area (Å²) >= 11 is 1.41. The minimum absolute atomic E-state index is 0.184. The highest BCUT2D eigenvalue weighted by atomic mass is 32.2. The highest BCUT2D eigenvalue weighted by Gasteiger charge is 2.31. The molecule has 4 aromatic heterocycles. The molecular formula is C21H19N7O3S2. The van der Waals surface area contributed by atoms with Gasteiger partial charge in [-0.2, -0.15) is 5.26 Å². The Morgan fingerprint density at radius 3 is 2.82 bits per heavy atom. The number of aromatic nitrogens is 4. The maximum absolute atomic E-state index is 11.8. The van der Waals surface area contributed by atoms with Crippen LogP contribution in [0.2, 0.25) is 0 Å². The topological polar surface area (TPSA) is 150 Å². The van der Waals surface area contributed by atoms with E-state index in [0.717, 1.165) is 35.2 Å². The van der Waals surface area contributed by atoms with Crippen molar-refractivity contribution in [2.75, 3.05) is 11.6 Å². The number of nitrogens with zero attached hydrogens (tertiary/aromatic N) is 4. The Balaban J connectivity index is 1.30. The van der Waals surface area contributed by atoms with Gasteiger partial charge in [0.05, 0.1) is 29.1 Å². The third kappa shape index (κ3) is 4.43. The molecule has 0 atom stereocenters. The van der Waals surface area contributed by atoms with E-state index in [-0.39, 0.29) is 23.1 Å². The number of anilines is 1. The lowest BCUT2D eigenvalue weighted by Crippen LogP contribution is -2.45. The predicted molar refractivity (Wildman–Crippen MR) is 123 cm³/mol. The third-order valence-electron chi connectivity index (χ3n) is 5.35. The van der Waals surface area contributed by atoms with Gasteiger partial charge in [-0.3, -0.25) is 4.72 Å². The molecule has 1 aliphatic carbocycles. The van der Waals surface area contributed by atoms with E-state index in [9.17, 15) is 8.42 Å². The lowest BCUT2D eigenvalue weighted by atomic mass is 9.87. The van der Waals surface area contributed by atoms with E-state index >= 15 is 0 Å². The van der Waals surface area contributed by atoms with Gasteiger partial charge < -0.3 is 14.7 Å². The molecule has 12 heteroatoms. The van der Waals surface area contributed by atoms with Crippen LogP contribution >= 0.6 is 11.9 Å². The summed E-state index contributed by atoms with van der Waals surface area (Å²) in [5.41, 5.74) is 2.68. The first-order valence-electron chi connectivity index (χ1n) is 10.1. The maximum Gasteiger partial charge on any atom is 0.238 e. The van der Waals surface area contributed by atoms with Crippen molar-refractivity contribution in [1.29, 1.82) is 5.26 Å². The second kappa shape index (κ2) is 8.51. The molecule has 168 valence electrons. The van der Waals surface area contributed by atoms with E-state index in [1.807, 2.05) is 6.07 Å². The molecule has 0 saturated heterocycles. The van der Waals surface area contributed by atoms with Crippen molar-refractivity contribution in [3.63, 3.8) is 0 Å². The molecule has 3 N–H and O–H groups in total. The Bertz CT molecular complexity index is 1470. The number of nitrogens with one attached hydrogen (secondary N) is 3. The van der Waals surface area contributed by atoms with Gasteiger partial charge in [0.1, 0.15) is 10.7 Å². The van der Waals surface area contributed by atoms with Gasteiger partial charge in [-0.15, -0.1) is 0 Å². The lowest BCUT2D eigenvalue weighted by Gasteiger charge is -2.37. The molecule has 0 radical (unpaired) electrons. The average Bonchev–Trinajstić information content (AvgIpc) is 3.45. The second-order valence-corrected chi connectivity index (χ2v) is 10.6. The highest BCUT2D eigenvalue weighted by Crippen LogP contribution is 2.37. The summed E-state index contributed by atoms with van der Waals surface area (Å²) in [4.78, 5) is 15.9. The fraction of sp³-hybridized carbons (Fsp3) is 0.238. The molecule has 0 unspecified atom stereocenters. The normalized spacial score (nSPS) is 18.1. The van der Waals surface area contributed by atoms with Crippen LogP contribution in [0, 0.1) is 11.3 Å². The first kappa shape index (κ1) is 21.4. The smallest absolute Gasteiger partial charge is 0.238 e. The first-order valence-corrected chi connectivity index (χ1v) is 12.8. The van der Waals surface area contributed by atoms with Gasteiger partial charge in [0, 0.05) is 42.3 Å². The van der Waals surface area contributed by atoms with Crippen LogP contribution in [0.5, 0.6) is 0 Å². The third-order valence-corrected chi connectivity index (χ3v) is 7.15. The highest BCUT2D eigenvalue weighted by molar-refractivity contribution is 7.97. The molecule has 4 aromatic rings. The van der Waals surface area contributed by atoms with Crippen molar-refractivity contribution in [2.24, 2.45) is 0 Å². The minimum Gasteiger partial charge on any atom is -0.425 e. The van der Waals surface area contributed by atoms with Gasteiger partial charge >= 0.3 is 0 Å². The molecule has 5 rings (SSSR count). The number of nitriles is 1. The van der Waals surface area contributed by atoms with Crippen LogP contribution in [0.1, 0.15) is 18.4 Å². The Kier molecular flexibility index (Phi) is 5.53. The Labute approximate surface area is 193 Å². The summed E-state index contributed by atoms with van der Waals surface area (Å²) in [5.74, 6) is 0.196. The van der Waals surface area contributed by atoms with E-state index in [0.29, 0.717) is 16.8 Å². The van der Waals surface area contributed by atoms with E-state index in [4.69, 9.17) is 9.68 Å². The van der Waals surface area contributed by atoms with Crippen LogP contribution in [-0.2, 0) is 9.84 Å². The number of rotatable bonds is 7. The summed E-state index contributed by atoms with van der Waals surface area (Å²) < 4.78 is 32.5. The number of oxazole rings is 1. The van der Waals surface area contributed by atoms with Gasteiger partial charge in [-0.25, -0.2) is 23.4 Å². The molecule has 0 aliphatic heterocycles. The minimum atomic E-state index is -3.50. The second-order valence-electron chi connectivity index (χ2n) is 7.77. The van der Waals surface area contributed by atoms with Crippen molar-refractivity contribution in [1.82, 2.24) is 24.7 Å². The molecule has 1 fully saturated rings. The van der Waals surface area contributed by atoms with Gasteiger partial charge in [0.15, 0.2) is 0 Å². The summed E-state index contributed by atoms with van der Waals surface area (Å²) in [5, 5.41) is 14.0. The summed E-state index contributed by atoms with van der Waals surface area (Å²) in [7, 11) is -3.50. The number of hydrogen-bond donors (Lipinski definition) is 3. The van der Waals surface area contributed by atoms with Gasteiger partial charge in [0.2, 0.25) is 20.8 Å². The summed E-state index contributed by atoms with van der Waals surface area (Å²) in [6.07, 6.45) is 9.09. The first-order chi connectivity index (χ1) is 15.9. The SMILES string of the molecule is CS(=O)(=O)c1cnc(-c2cnc3[nH]ccc3c2N[C@H]2C[C@@H](NSc3cc(C#N)ccn3)C2)o1. The van der Waals surface area contributed by atoms with Crippen LogP contribution in [-0.4, -0.2) is 46.7 Å². The van der Waals surface area contributed by atoms with E-state index in [1.54, 1.807) is 30.7 Å². The molecule has 1 aliphatic rings. The van der Waals surface area contributed by atoms with E-state index < -0.39 is 9.84 Å². The van der Waals surface area contributed by atoms with E-state index in [1.165, 1.54) is 18.1 Å². The lowest BCUT2D eigenvalue weighted by molar-refractivity contribution is 0.355. The van der Waals surface area contributed by atoms with Crippen molar-refractivity contribution < 1.29 is 12.8 Å². The zero-order valence-corrected chi connectivity index (χ0v) is 19.1. The quantitative estimate of drug-likeness (QED) is 0.336. The molecular weight excluding hydrogens is 462 g/mol. The number of fused-ring (bicyclic) bond motifs is 1. The van der Waals surface area contributed by atoms with Crippen LogP contribution in [0.3, 0.4) is 0 Å². The van der Waals surface area contributed by atoms with Crippen molar-refractivity contribution >= 4 is 38.5 Å². The largest absolute Gasteiger partial charge is 0.425 e. The number of aromatic amines is 1. The number of pyridine rings is 2. The maximum atomic E-state index is 11.8. The van der Waals surface area contributed by atoms with Gasteiger partial charge in [-0.1, -0.05) is 0 Å². The fourth-order valence-electron chi connectivity index (χ4n) is 3.60. The van der Waals surface area contributed by atoms with Crippen LogP contribution in [0.25, 0.3) is 22.5 Å². The van der Waals surface area contributed by atoms with Crippen molar-refractivity contribution in [3.8, 4) is 17.5 Å². The zero-order chi connectivity index (χ0) is 23.0. The standard InChI is InChI=1S/C21H19N7O3S2/c1-33(29,30)18-11-26-21(31-18)16-10-25-20-15(3-5-24-20)19(16)27-13-7-14(8-13)28-32-17-6-12(9-22)2-4-23-17/h2-6,10-11,13-14,28H,7-8H2,1H3,(H2,24,25,27)/t13-,14+. The predicted octanol–water partition coefficient (Wildman–Crippen LogP) is 3.13. The summed E-state index contributed by atoms with van der Waals surface area (Å²) in [6, 6.07) is 7.93. The van der Waals surface area contributed by atoms with Crippen LogP contribution in [0.4, 0.5) is 5.69 Å². The number of H-pyrrole nitrogens is 1. The van der Waals surface area contributed by atoms with Crippen molar-refractivity contribution in [3.05, 3.63) is 48.5 Å². The molecule has 33 heavy (non-hydrogen) atoms. The average molecular weight is 482 g/mol. The molecule has 0 spiro atoms. The molecule has 4 heterocycles. The molecule has 1 saturated carbocycles. The van der Waals surface area contributed by atoms with Crippen LogP contribution < -0.4 is 10.0 Å². The fourth-order valence-corrected chi connectivity index (χ4v) is 4.85. The Hall–Kier alpha value is -3.40.